The predicted octanol–water partition coefficient (Wildman–Crippen LogP) is 6.53. The van der Waals surface area contributed by atoms with E-state index in [0.29, 0.717) is 57.9 Å². The molecule has 4 aromatic rings. The lowest BCUT2D eigenvalue weighted by Gasteiger charge is -2.35. The van der Waals surface area contributed by atoms with Crippen LogP contribution in [0, 0.1) is 12.7 Å². The molecule has 0 atom stereocenters. The predicted molar refractivity (Wildman–Crippen MR) is 168 cm³/mol. The molecule has 3 amide bonds. The molecule has 246 valence electrons. The summed E-state index contributed by atoms with van der Waals surface area (Å²) in [6, 6.07) is 16.6. The van der Waals surface area contributed by atoms with E-state index in [1.165, 1.54) is 36.0 Å². The first-order chi connectivity index (χ1) is 22.5. The summed E-state index contributed by atoms with van der Waals surface area (Å²) in [5.41, 5.74) is 1.23. The van der Waals surface area contributed by atoms with Gasteiger partial charge in [0.15, 0.2) is 5.69 Å². The van der Waals surface area contributed by atoms with E-state index >= 15 is 0 Å². The minimum absolute atomic E-state index is 0.0988. The molecule has 2 aromatic heterocycles. The van der Waals surface area contributed by atoms with Crippen LogP contribution in [-0.4, -0.2) is 66.1 Å². The van der Waals surface area contributed by atoms with Crippen molar-refractivity contribution in [2.75, 3.05) is 59.7 Å². The average Bonchev–Trinajstić information content (AvgIpc) is 3.53. The lowest BCUT2D eigenvalue weighted by atomic mass is 9.89. The Labute approximate surface area is 268 Å². The first-order valence-electron chi connectivity index (χ1n) is 15.3. The molecule has 0 spiro atoms. The Morgan fingerprint density at radius 2 is 1.64 bits per heavy atom. The number of urea groups is 1. The second-order valence-electron chi connectivity index (χ2n) is 11.6. The number of halogens is 4. The molecule has 2 fully saturated rings. The fraction of sp³-hybridized carbons (Fsp3) is 0.333. The summed E-state index contributed by atoms with van der Waals surface area (Å²) in [5, 5.41) is 5.01. The molecule has 0 radical (unpaired) electrons. The number of para-hydroxylation sites is 1. The van der Waals surface area contributed by atoms with E-state index in [9.17, 15) is 27.2 Å². The third-order valence-electron chi connectivity index (χ3n) is 8.38. The fourth-order valence-electron chi connectivity index (χ4n) is 5.85. The number of aryl methyl sites for hydroxylation is 1. The second-order valence-corrected chi connectivity index (χ2v) is 11.6. The molecule has 0 bridgehead atoms. The summed E-state index contributed by atoms with van der Waals surface area (Å²) >= 11 is 0. The smallest absolute Gasteiger partial charge is 0.417 e. The summed E-state index contributed by atoms with van der Waals surface area (Å²) < 4.78 is 61.1. The summed E-state index contributed by atoms with van der Waals surface area (Å²) in [7, 11) is 0. The van der Waals surface area contributed by atoms with Crippen LogP contribution in [0.3, 0.4) is 0 Å². The Bertz CT molecular complexity index is 1730. The number of piperazine rings is 1. The zero-order valence-electron chi connectivity index (χ0n) is 25.6. The van der Waals surface area contributed by atoms with Crippen molar-refractivity contribution < 1.29 is 31.6 Å². The van der Waals surface area contributed by atoms with Crippen LogP contribution in [0.2, 0.25) is 0 Å². The normalized spacial score (nSPS) is 15.9. The van der Waals surface area contributed by atoms with Crippen LogP contribution < -0.4 is 20.4 Å². The van der Waals surface area contributed by atoms with Gasteiger partial charge in [0.2, 0.25) is 5.76 Å². The van der Waals surface area contributed by atoms with Gasteiger partial charge in [-0.15, -0.1) is 0 Å². The van der Waals surface area contributed by atoms with Crippen molar-refractivity contribution in [2.45, 2.75) is 31.9 Å². The lowest BCUT2D eigenvalue weighted by molar-refractivity contribution is -0.141. The number of rotatable bonds is 6. The summed E-state index contributed by atoms with van der Waals surface area (Å²) in [5.74, 6) is -1.69. The van der Waals surface area contributed by atoms with Gasteiger partial charge in [-0.25, -0.2) is 14.2 Å². The van der Waals surface area contributed by atoms with Gasteiger partial charge in [0, 0.05) is 39.3 Å². The topological polar surface area (TPSA) is 107 Å². The molecule has 4 heterocycles. The van der Waals surface area contributed by atoms with Gasteiger partial charge in [0.1, 0.15) is 11.6 Å². The molecule has 0 unspecified atom stereocenters. The molecular weight excluding hydrogens is 618 g/mol. The molecule has 2 aliphatic rings. The van der Waals surface area contributed by atoms with Gasteiger partial charge < -0.3 is 29.8 Å². The molecular formula is C33H33F4N7O3. The highest BCUT2D eigenvalue weighted by Crippen LogP contribution is 2.36. The number of carbonyl (C=O) groups excluding carboxylic acids is 2. The maximum Gasteiger partial charge on any atom is 0.437 e. The van der Waals surface area contributed by atoms with Crippen molar-refractivity contribution in [2.24, 2.45) is 0 Å². The van der Waals surface area contributed by atoms with Gasteiger partial charge in [-0.1, -0.05) is 42.0 Å². The van der Waals surface area contributed by atoms with E-state index in [-0.39, 0.29) is 23.3 Å². The number of hydrogen-bond acceptors (Lipinski definition) is 7. The number of pyridine rings is 1. The number of piperidine rings is 1. The summed E-state index contributed by atoms with van der Waals surface area (Å²) in [4.78, 5) is 38.8. The van der Waals surface area contributed by atoms with Crippen LogP contribution in [0.1, 0.15) is 46.1 Å². The standard InChI is InChI=1S/C33H33F4N7O3/c1-21-5-4-6-23(19-21)22-11-13-44(14-12-22)32-41-29(33(35,36)37)28(47-32)30(45)39-24-9-10-27(38-20-24)42-15-17-43(18-16-42)31(46)40-26-8-3-2-7-25(26)34/h2-10,19-20,22H,11-18H2,1H3,(H,39,45)(H,40,46). The van der Waals surface area contributed by atoms with Crippen molar-refractivity contribution in [1.82, 2.24) is 14.9 Å². The number of anilines is 4. The van der Waals surface area contributed by atoms with Gasteiger partial charge in [0.25, 0.3) is 11.9 Å². The van der Waals surface area contributed by atoms with Crippen molar-refractivity contribution >= 4 is 35.1 Å². The van der Waals surface area contributed by atoms with E-state index in [2.05, 4.69) is 32.7 Å². The number of oxazole rings is 1. The lowest BCUT2D eigenvalue weighted by Crippen LogP contribution is -2.50. The van der Waals surface area contributed by atoms with Crippen molar-refractivity contribution in [3.8, 4) is 0 Å². The molecule has 2 N–H and O–H groups in total. The SMILES string of the molecule is Cc1cccc(C2CCN(c3nc(C(F)(F)F)c(C(=O)Nc4ccc(N5CCN(C(=O)Nc6ccccc6F)CC5)nc4)o3)CC2)c1. The van der Waals surface area contributed by atoms with E-state index in [1.807, 2.05) is 24.0 Å². The first-order valence-corrected chi connectivity index (χ1v) is 15.3. The number of alkyl halides is 3. The van der Waals surface area contributed by atoms with Gasteiger partial charge in [0.05, 0.1) is 17.6 Å². The Morgan fingerprint density at radius 1 is 0.894 bits per heavy atom. The van der Waals surface area contributed by atoms with Crippen LogP contribution >= 0.6 is 0 Å². The highest BCUT2D eigenvalue weighted by molar-refractivity contribution is 6.03. The Morgan fingerprint density at radius 3 is 2.30 bits per heavy atom. The number of aromatic nitrogens is 2. The van der Waals surface area contributed by atoms with Gasteiger partial charge in [-0.2, -0.15) is 18.2 Å². The highest BCUT2D eigenvalue weighted by atomic mass is 19.4. The van der Waals surface area contributed by atoms with Crippen molar-refractivity contribution in [1.29, 1.82) is 0 Å². The number of hydrogen-bond donors (Lipinski definition) is 2. The van der Waals surface area contributed by atoms with Gasteiger partial charge in [-0.3, -0.25) is 4.79 Å². The zero-order chi connectivity index (χ0) is 33.1. The van der Waals surface area contributed by atoms with E-state index in [4.69, 9.17) is 4.42 Å². The minimum Gasteiger partial charge on any atom is -0.417 e. The summed E-state index contributed by atoms with van der Waals surface area (Å²) in [6.07, 6.45) is -2.14. The second kappa shape index (κ2) is 13.3. The molecule has 2 saturated heterocycles. The highest BCUT2D eigenvalue weighted by Gasteiger charge is 2.42. The average molecular weight is 652 g/mol. The Hall–Kier alpha value is -5.14. The van der Waals surface area contributed by atoms with Crippen LogP contribution in [0.15, 0.2) is 71.3 Å². The minimum atomic E-state index is -4.90. The maximum absolute atomic E-state index is 13.9. The molecule has 0 aliphatic carbocycles. The van der Waals surface area contributed by atoms with Crippen LogP contribution in [0.5, 0.6) is 0 Å². The largest absolute Gasteiger partial charge is 0.437 e. The van der Waals surface area contributed by atoms with E-state index in [1.54, 1.807) is 21.9 Å². The molecule has 14 heteroatoms. The molecule has 2 aromatic carbocycles. The number of carbonyl (C=O) groups is 2. The molecule has 2 aliphatic heterocycles. The van der Waals surface area contributed by atoms with Crippen molar-refractivity contribution in [3.63, 3.8) is 0 Å². The van der Waals surface area contributed by atoms with Gasteiger partial charge in [-0.05, 0) is 55.5 Å². The van der Waals surface area contributed by atoms with E-state index < -0.39 is 35.4 Å². The monoisotopic (exact) mass is 651 g/mol. The number of amides is 3. The number of nitrogens with one attached hydrogen (secondary N) is 2. The third-order valence-corrected chi connectivity index (χ3v) is 8.38. The molecule has 6 rings (SSSR count). The third kappa shape index (κ3) is 7.31. The number of nitrogens with zero attached hydrogens (tertiary/aromatic N) is 5. The molecule has 10 nitrogen and oxygen atoms in total. The number of benzene rings is 2. The van der Waals surface area contributed by atoms with Crippen molar-refractivity contribution in [3.05, 3.63) is 95.3 Å². The fourth-order valence-corrected chi connectivity index (χ4v) is 5.85. The maximum atomic E-state index is 13.9. The Kier molecular flexibility index (Phi) is 9.01. The molecule has 0 saturated carbocycles. The van der Waals surface area contributed by atoms with Crippen LogP contribution in [0.4, 0.5) is 45.6 Å². The molecule has 47 heavy (non-hydrogen) atoms. The Balaban J connectivity index is 1.06. The van der Waals surface area contributed by atoms with Crippen LogP contribution in [-0.2, 0) is 6.18 Å². The van der Waals surface area contributed by atoms with E-state index in [0.717, 1.165) is 5.56 Å². The zero-order valence-corrected chi connectivity index (χ0v) is 25.6. The van der Waals surface area contributed by atoms with Gasteiger partial charge >= 0.3 is 12.2 Å². The first kappa shape index (κ1) is 31.8. The summed E-state index contributed by atoms with van der Waals surface area (Å²) in [6.45, 7) is 4.50. The quantitative estimate of drug-likeness (QED) is 0.229. The van der Waals surface area contributed by atoms with Crippen LogP contribution in [0.25, 0.3) is 0 Å².